The Morgan fingerprint density at radius 3 is 2.88 bits per heavy atom. The van der Waals surface area contributed by atoms with Gasteiger partial charge in [-0.25, -0.2) is 0 Å². The number of halogens is 1. The van der Waals surface area contributed by atoms with E-state index in [1.54, 1.807) is 4.68 Å². The van der Waals surface area contributed by atoms with Gasteiger partial charge in [0, 0.05) is 13.2 Å². The van der Waals surface area contributed by atoms with Crippen LogP contribution in [-0.2, 0) is 13.6 Å². The fourth-order valence-electron chi connectivity index (χ4n) is 1.17. The largest absolute Gasteiger partial charge is 0.368 e. The summed E-state index contributed by atoms with van der Waals surface area (Å²) < 4.78 is 1.71. The molecule has 0 aromatic carbocycles. The second kappa shape index (κ2) is 4.31. The molecular formula is C8H10ClN7. The van der Waals surface area contributed by atoms with Crippen LogP contribution in [0.5, 0.6) is 0 Å². The van der Waals surface area contributed by atoms with E-state index in [-0.39, 0.29) is 11.2 Å². The van der Waals surface area contributed by atoms with Gasteiger partial charge in [-0.1, -0.05) is 0 Å². The van der Waals surface area contributed by atoms with Crippen LogP contribution in [-0.4, -0.2) is 24.7 Å². The van der Waals surface area contributed by atoms with Gasteiger partial charge in [-0.05, 0) is 17.7 Å². The number of nitrogens with two attached hydrogens (primary N) is 1. The van der Waals surface area contributed by atoms with Crippen molar-refractivity contribution in [2.75, 3.05) is 11.1 Å². The van der Waals surface area contributed by atoms with Crippen LogP contribution in [0.3, 0.4) is 0 Å². The van der Waals surface area contributed by atoms with Crippen molar-refractivity contribution in [3.63, 3.8) is 0 Å². The van der Waals surface area contributed by atoms with E-state index < -0.39 is 0 Å². The SMILES string of the molecule is Cn1ccc(CNc2nc(N)nc(Cl)n2)n1. The minimum absolute atomic E-state index is 0.0658. The number of aryl methyl sites for hydroxylation is 1. The number of aromatic nitrogens is 5. The van der Waals surface area contributed by atoms with E-state index in [2.05, 4.69) is 25.4 Å². The van der Waals surface area contributed by atoms with Gasteiger partial charge in [-0.3, -0.25) is 4.68 Å². The summed E-state index contributed by atoms with van der Waals surface area (Å²) in [6.45, 7) is 0.501. The van der Waals surface area contributed by atoms with E-state index >= 15 is 0 Å². The molecule has 0 spiro atoms. The van der Waals surface area contributed by atoms with E-state index in [0.29, 0.717) is 12.5 Å². The Morgan fingerprint density at radius 2 is 2.25 bits per heavy atom. The predicted octanol–water partition coefficient (Wildman–Crippen LogP) is 0.453. The normalized spacial score (nSPS) is 10.4. The van der Waals surface area contributed by atoms with Gasteiger partial charge >= 0.3 is 0 Å². The standard InChI is InChI=1S/C8H10ClN7/c1-16-3-2-5(15-16)4-11-8-13-6(9)12-7(10)14-8/h2-3H,4H2,1H3,(H3,10,11,12,13,14). The molecule has 2 aromatic heterocycles. The smallest absolute Gasteiger partial charge is 0.229 e. The van der Waals surface area contributed by atoms with E-state index in [9.17, 15) is 0 Å². The lowest BCUT2D eigenvalue weighted by molar-refractivity contribution is 0.746. The first-order valence-electron chi connectivity index (χ1n) is 4.53. The van der Waals surface area contributed by atoms with Crippen molar-refractivity contribution < 1.29 is 0 Å². The third kappa shape index (κ3) is 2.57. The molecule has 0 radical (unpaired) electrons. The van der Waals surface area contributed by atoms with Crippen molar-refractivity contribution in [2.45, 2.75) is 6.54 Å². The maximum absolute atomic E-state index is 5.63. The molecule has 0 amide bonds. The Labute approximate surface area is 96.7 Å². The lowest BCUT2D eigenvalue weighted by atomic mass is 10.4. The molecule has 0 unspecified atom stereocenters. The van der Waals surface area contributed by atoms with Crippen molar-refractivity contribution in [1.82, 2.24) is 24.7 Å². The quantitative estimate of drug-likeness (QED) is 0.808. The molecule has 84 valence electrons. The third-order valence-corrected chi connectivity index (χ3v) is 1.99. The number of nitrogen functional groups attached to an aromatic ring is 1. The summed E-state index contributed by atoms with van der Waals surface area (Å²) in [4.78, 5) is 11.4. The van der Waals surface area contributed by atoms with Crippen molar-refractivity contribution in [1.29, 1.82) is 0 Å². The highest BCUT2D eigenvalue weighted by Gasteiger charge is 2.02. The number of hydrogen-bond acceptors (Lipinski definition) is 6. The molecule has 8 heteroatoms. The molecule has 0 saturated heterocycles. The average molecular weight is 240 g/mol. The monoisotopic (exact) mass is 239 g/mol. The summed E-state index contributed by atoms with van der Waals surface area (Å²) in [5, 5.41) is 7.21. The molecule has 7 nitrogen and oxygen atoms in total. The molecule has 16 heavy (non-hydrogen) atoms. The van der Waals surface area contributed by atoms with Gasteiger partial charge in [0.25, 0.3) is 0 Å². The van der Waals surface area contributed by atoms with E-state index in [4.69, 9.17) is 17.3 Å². The molecule has 0 bridgehead atoms. The first kappa shape index (κ1) is 10.6. The maximum atomic E-state index is 5.63. The Kier molecular flexibility index (Phi) is 2.86. The molecular weight excluding hydrogens is 230 g/mol. The predicted molar refractivity (Wildman–Crippen MR) is 59.8 cm³/mol. The zero-order valence-corrected chi connectivity index (χ0v) is 9.31. The Morgan fingerprint density at radius 1 is 1.44 bits per heavy atom. The summed E-state index contributed by atoms with van der Waals surface area (Å²) in [7, 11) is 1.85. The van der Waals surface area contributed by atoms with Crippen LogP contribution >= 0.6 is 11.6 Å². The van der Waals surface area contributed by atoms with Gasteiger partial charge in [0.2, 0.25) is 17.2 Å². The Balaban J connectivity index is 2.04. The minimum atomic E-state index is 0.0658. The average Bonchev–Trinajstić information content (AvgIpc) is 2.60. The van der Waals surface area contributed by atoms with Crippen LogP contribution < -0.4 is 11.1 Å². The summed E-state index contributed by atoms with van der Waals surface area (Å²) >= 11 is 5.63. The van der Waals surface area contributed by atoms with E-state index in [1.807, 2.05) is 19.3 Å². The highest BCUT2D eigenvalue weighted by Crippen LogP contribution is 2.07. The maximum Gasteiger partial charge on any atom is 0.229 e. The van der Waals surface area contributed by atoms with Crippen LogP contribution in [0.2, 0.25) is 5.28 Å². The van der Waals surface area contributed by atoms with E-state index in [0.717, 1.165) is 5.69 Å². The van der Waals surface area contributed by atoms with Crippen LogP contribution in [0.25, 0.3) is 0 Å². The Hall–Kier alpha value is -1.89. The highest BCUT2D eigenvalue weighted by atomic mass is 35.5. The van der Waals surface area contributed by atoms with Crippen LogP contribution in [0.15, 0.2) is 12.3 Å². The van der Waals surface area contributed by atoms with Gasteiger partial charge in [0.1, 0.15) is 0 Å². The van der Waals surface area contributed by atoms with Gasteiger partial charge < -0.3 is 11.1 Å². The molecule has 3 N–H and O–H groups in total. The molecule has 0 atom stereocenters. The number of nitrogens with zero attached hydrogens (tertiary/aromatic N) is 5. The summed E-state index contributed by atoms with van der Waals surface area (Å²) in [6.07, 6.45) is 1.85. The molecule has 0 aliphatic carbocycles. The number of nitrogens with one attached hydrogen (secondary N) is 1. The van der Waals surface area contributed by atoms with Gasteiger partial charge in [-0.15, -0.1) is 0 Å². The molecule has 0 fully saturated rings. The fourth-order valence-corrected chi connectivity index (χ4v) is 1.34. The first-order valence-corrected chi connectivity index (χ1v) is 4.91. The topological polar surface area (TPSA) is 94.5 Å². The van der Waals surface area contributed by atoms with Gasteiger partial charge in [0.05, 0.1) is 12.2 Å². The fraction of sp³-hybridized carbons (Fsp3) is 0.250. The summed E-state index contributed by atoms with van der Waals surface area (Å²) in [6, 6.07) is 1.89. The number of anilines is 2. The van der Waals surface area contributed by atoms with Gasteiger partial charge in [-0.2, -0.15) is 20.1 Å². The van der Waals surface area contributed by atoms with Crippen molar-refractivity contribution in [2.24, 2.45) is 7.05 Å². The second-order valence-corrected chi connectivity index (χ2v) is 3.46. The Bertz CT molecular complexity index is 475. The van der Waals surface area contributed by atoms with Crippen LogP contribution in [0.4, 0.5) is 11.9 Å². The van der Waals surface area contributed by atoms with Crippen LogP contribution in [0, 0.1) is 0 Å². The van der Waals surface area contributed by atoms with Crippen molar-refractivity contribution >= 4 is 23.5 Å². The summed E-state index contributed by atoms with van der Waals surface area (Å²) in [5.41, 5.74) is 6.30. The van der Waals surface area contributed by atoms with E-state index in [1.165, 1.54) is 0 Å². The molecule has 0 saturated carbocycles. The van der Waals surface area contributed by atoms with Crippen LogP contribution in [0.1, 0.15) is 5.69 Å². The van der Waals surface area contributed by atoms with Crippen molar-refractivity contribution in [3.05, 3.63) is 23.2 Å². The lowest BCUT2D eigenvalue weighted by Gasteiger charge is -2.02. The third-order valence-electron chi connectivity index (χ3n) is 1.82. The number of hydrogen-bond donors (Lipinski definition) is 2. The second-order valence-electron chi connectivity index (χ2n) is 3.12. The summed E-state index contributed by atoms with van der Waals surface area (Å²) in [5.74, 6) is 0.423. The number of rotatable bonds is 3. The van der Waals surface area contributed by atoms with Gasteiger partial charge in [0.15, 0.2) is 0 Å². The molecule has 0 aliphatic heterocycles. The molecule has 2 rings (SSSR count). The molecule has 2 aromatic rings. The lowest BCUT2D eigenvalue weighted by Crippen LogP contribution is -2.07. The molecule has 2 heterocycles. The zero-order valence-electron chi connectivity index (χ0n) is 8.55. The molecule has 0 aliphatic rings. The minimum Gasteiger partial charge on any atom is -0.368 e. The highest BCUT2D eigenvalue weighted by molar-refractivity contribution is 6.28. The first-order chi connectivity index (χ1) is 7.63. The van der Waals surface area contributed by atoms with Crippen molar-refractivity contribution in [3.8, 4) is 0 Å². The zero-order chi connectivity index (χ0) is 11.5.